The smallest absolute Gasteiger partial charge is 0.337 e. The predicted molar refractivity (Wildman–Crippen MR) is 128 cm³/mol. The Hall–Kier alpha value is -3.81. The zero-order valence-corrected chi connectivity index (χ0v) is 19.4. The van der Waals surface area contributed by atoms with Crippen molar-refractivity contribution in [3.8, 4) is 0 Å². The SMILES string of the molecule is CCCN1C(=O)NC(c2ccc(NC(=O)Nc3cccc(CC)c3)cc2)C(C(=O)OC)=C1C. The van der Waals surface area contributed by atoms with Crippen molar-refractivity contribution in [1.82, 2.24) is 10.2 Å². The second kappa shape index (κ2) is 10.7. The summed E-state index contributed by atoms with van der Waals surface area (Å²) in [5.41, 5.74) is 4.11. The van der Waals surface area contributed by atoms with E-state index in [0.717, 1.165) is 18.4 Å². The Labute approximate surface area is 194 Å². The summed E-state index contributed by atoms with van der Waals surface area (Å²) in [7, 11) is 1.32. The zero-order chi connectivity index (χ0) is 24.0. The number of anilines is 2. The Bertz CT molecular complexity index is 1060. The Kier molecular flexibility index (Phi) is 7.71. The standard InChI is InChI=1S/C25H30N4O4/c1-5-14-29-16(3)21(23(30)33-4)22(28-25(29)32)18-10-12-19(13-11-18)26-24(31)27-20-9-7-8-17(6-2)15-20/h7-13,15,22H,5-6,14H2,1-4H3,(H,28,32)(H2,26,27,31). The van der Waals surface area contributed by atoms with E-state index < -0.39 is 12.0 Å². The molecule has 1 aliphatic heterocycles. The van der Waals surface area contributed by atoms with E-state index in [9.17, 15) is 14.4 Å². The Morgan fingerprint density at radius 1 is 1.06 bits per heavy atom. The average molecular weight is 451 g/mol. The minimum absolute atomic E-state index is 0.261. The first-order valence-electron chi connectivity index (χ1n) is 11.0. The molecule has 0 spiro atoms. The number of aryl methyl sites for hydroxylation is 1. The lowest BCUT2D eigenvalue weighted by molar-refractivity contribution is -0.136. The molecule has 2 aromatic rings. The summed E-state index contributed by atoms with van der Waals surface area (Å²) in [4.78, 5) is 39.1. The van der Waals surface area contributed by atoms with Crippen LogP contribution in [0.4, 0.5) is 21.0 Å². The molecule has 1 atom stereocenters. The summed E-state index contributed by atoms with van der Waals surface area (Å²) in [5, 5.41) is 8.51. The second-order valence-corrected chi connectivity index (χ2v) is 7.78. The van der Waals surface area contributed by atoms with Crippen LogP contribution in [0.15, 0.2) is 59.8 Å². The summed E-state index contributed by atoms with van der Waals surface area (Å²) in [6.07, 6.45) is 1.64. The van der Waals surface area contributed by atoms with Gasteiger partial charge in [0.1, 0.15) is 0 Å². The lowest BCUT2D eigenvalue weighted by Crippen LogP contribution is -2.48. The van der Waals surface area contributed by atoms with Crippen LogP contribution in [0.1, 0.15) is 44.4 Å². The van der Waals surface area contributed by atoms with Gasteiger partial charge in [0.2, 0.25) is 0 Å². The lowest BCUT2D eigenvalue weighted by Gasteiger charge is -2.35. The summed E-state index contributed by atoms with van der Waals surface area (Å²) in [5.74, 6) is -0.491. The van der Waals surface area contributed by atoms with Crippen molar-refractivity contribution in [1.29, 1.82) is 0 Å². The van der Waals surface area contributed by atoms with Gasteiger partial charge in [-0.05, 0) is 55.2 Å². The lowest BCUT2D eigenvalue weighted by atomic mass is 9.94. The highest BCUT2D eigenvalue weighted by molar-refractivity contribution is 6.00. The third-order valence-electron chi connectivity index (χ3n) is 5.54. The molecule has 1 aliphatic rings. The molecule has 3 N–H and O–H groups in total. The van der Waals surface area contributed by atoms with Crippen molar-refractivity contribution in [2.45, 2.75) is 39.7 Å². The Morgan fingerprint density at radius 2 is 1.76 bits per heavy atom. The molecule has 174 valence electrons. The molecule has 3 rings (SSSR count). The number of esters is 1. The van der Waals surface area contributed by atoms with Gasteiger partial charge in [-0.15, -0.1) is 0 Å². The van der Waals surface area contributed by atoms with Crippen LogP contribution in [0.3, 0.4) is 0 Å². The van der Waals surface area contributed by atoms with Gasteiger partial charge >= 0.3 is 18.0 Å². The van der Waals surface area contributed by atoms with Gasteiger partial charge in [-0.25, -0.2) is 14.4 Å². The van der Waals surface area contributed by atoms with Crippen molar-refractivity contribution in [3.63, 3.8) is 0 Å². The van der Waals surface area contributed by atoms with Crippen molar-refractivity contribution < 1.29 is 19.1 Å². The largest absolute Gasteiger partial charge is 0.466 e. The number of carbonyl (C=O) groups excluding carboxylic acids is 3. The molecule has 0 fully saturated rings. The maximum absolute atomic E-state index is 12.6. The number of nitrogens with zero attached hydrogens (tertiary/aromatic N) is 1. The number of benzene rings is 2. The van der Waals surface area contributed by atoms with E-state index in [1.165, 1.54) is 7.11 Å². The second-order valence-electron chi connectivity index (χ2n) is 7.78. The van der Waals surface area contributed by atoms with Crippen LogP contribution >= 0.6 is 0 Å². The van der Waals surface area contributed by atoms with E-state index in [1.807, 2.05) is 31.2 Å². The summed E-state index contributed by atoms with van der Waals surface area (Å²) in [6, 6.07) is 13.4. The minimum atomic E-state index is -0.641. The van der Waals surface area contributed by atoms with Gasteiger partial charge in [0, 0.05) is 23.6 Å². The van der Waals surface area contributed by atoms with Crippen molar-refractivity contribution >= 4 is 29.4 Å². The van der Waals surface area contributed by atoms with Gasteiger partial charge in [-0.2, -0.15) is 0 Å². The molecule has 8 heteroatoms. The number of carbonyl (C=O) groups is 3. The highest BCUT2D eigenvalue weighted by atomic mass is 16.5. The van der Waals surface area contributed by atoms with E-state index in [-0.39, 0.29) is 12.1 Å². The average Bonchev–Trinajstić information content (AvgIpc) is 2.81. The minimum Gasteiger partial charge on any atom is -0.466 e. The number of rotatable bonds is 7. The van der Waals surface area contributed by atoms with Gasteiger partial charge in [-0.3, -0.25) is 4.90 Å². The molecule has 1 unspecified atom stereocenters. The number of allylic oxidation sites excluding steroid dienone is 1. The van der Waals surface area contributed by atoms with E-state index >= 15 is 0 Å². The topological polar surface area (TPSA) is 99.8 Å². The first-order chi connectivity index (χ1) is 15.9. The van der Waals surface area contributed by atoms with Crippen molar-refractivity contribution in [2.75, 3.05) is 24.3 Å². The van der Waals surface area contributed by atoms with Crippen LogP contribution in [0.5, 0.6) is 0 Å². The molecule has 4 amide bonds. The van der Waals surface area contributed by atoms with Gasteiger partial charge in [0.15, 0.2) is 0 Å². The summed E-state index contributed by atoms with van der Waals surface area (Å²) in [6.45, 7) is 6.28. The van der Waals surface area contributed by atoms with Gasteiger partial charge in [0.25, 0.3) is 0 Å². The predicted octanol–water partition coefficient (Wildman–Crippen LogP) is 4.82. The number of ether oxygens (including phenoxy) is 1. The maximum Gasteiger partial charge on any atom is 0.337 e. The van der Waals surface area contributed by atoms with Gasteiger partial charge in [-0.1, -0.05) is 38.1 Å². The third-order valence-corrected chi connectivity index (χ3v) is 5.54. The zero-order valence-electron chi connectivity index (χ0n) is 19.4. The number of hydrogen-bond acceptors (Lipinski definition) is 4. The molecular formula is C25H30N4O4. The number of nitrogens with one attached hydrogen (secondary N) is 3. The number of hydrogen-bond donors (Lipinski definition) is 3. The molecule has 8 nitrogen and oxygen atoms in total. The van der Waals surface area contributed by atoms with Crippen LogP contribution in [-0.2, 0) is 16.0 Å². The van der Waals surface area contributed by atoms with Crippen molar-refractivity contribution in [3.05, 3.63) is 70.9 Å². The van der Waals surface area contributed by atoms with Crippen LogP contribution in [0, 0.1) is 0 Å². The molecule has 33 heavy (non-hydrogen) atoms. The van der Waals surface area contributed by atoms with Gasteiger partial charge in [0.05, 0.1) is 18.7 Å². The molecular weight excluding hydrogens is 420 g/mol. The fourth-order valence-electron chi connectivity index (χ4n) is 3.82. The normalized spacial score (nSPS) is 15.7. The fraction of sp³-hybridized carbons (Fsp3) is 0.320. The molecule has 0 saturated heterocycles. The van der Waals surface area contributed by atoms with E-state index in [1.54, 1.807) is 36.1 Å². The van der Waals surface area contributed by atoms with Gasteiger partial charge < -0.3 is 20.7 Å². The van der Waals surface area contributed by atoms with E-state index in [4.69, 9.17) is 4.74 Å². The molecule has 2 aromatic carbocycles. The highest BCUT2D eigenvalue weighted by Crippen LogP contribution is 2.32. The Balaban J connectivity index is 1.77. The summed E-state index contributed by atoms with van der Waals surface area (Å²) < 4.78 is 4.98. The number of methoxy groups -OCH3 is 1. The van der Waals surface area contributed by atoms with Crippen LogP contribution < -0.4 is 16.0 Å². The molecule has 0 saturated carbocycles. The van der Waals surface area contributed by atoms with Crippen LogP contribution in [0.25, 0.3) is 0 Å². The Morgan fingerprint density at radius 3 is 2.39 bits per heavy atom. The van der Waals surface area contributed by atoms with Crippen LogP contribution in [0.2, 0.25) is 0 Å². The third kappa shape index (κ3) is 5.52. The van der Waals surface area contributed by atoms with E-state index in [0.29, 0.717) is 34.8 Å². The van der Waals surface area contributed by atoms with Crippen LogP contribution in [-0.4, -0.2) is 36.6 Å². The molecule has 0 aliphatic carbocycles. The molecule has 0 radical (unpaired) electrons. The fourth-order valence-corrected chi connectivity index (χ4v) is 3.82. The molecule has 1 heterocycles. The first kappa shape index (κ1) is 23.8. The number of urea groups is 2. The molecule has 0 aromatic heterocycles. The first-order valence-corrected chi connectivity index (χ1v) is 11.0. The number of amides is 4. The maximum atomic E-state index is 12.6. The molecule has 0 bridgehead atoms. The van der Waals surface area contributed by atoms with E-state index in [2.05, 4.69) is 22.9 Å². The monoisotopic (exact) mass is 450 g/mol. The highest BCUT2D eigenvalue weighted by Gasteiger charge is 2.35. The summed E-state index contributed by atoms with van der Waals surface area (Å²) >= 11 is 0. The van der Waals surface area contributed by atoms with Crippen molar-refractivity contribution in [2.24, 2.45) is 0 Å². The quantitative estimate of drug-likeness (QED) is 0.527.